The smallest absolute Gasteiger partial charge is 0.404 e. The van der Waals surface area contributed by atoms with Crippen molar-refractivity contribution in [1.82, 2.24) is 0 Å². The third-order valence-corrected chi connectivity index (χ3v) is 1.43. The maximum absolute atomic E-state index is 9.80. The van der Waals surface area contributed by atoms with Crippen molar-refractivity contribution in [2.24, 2.45) is 5.73 Å². The Kier molecular flexibility index (Phi) is 7.84. The van der Waals surface area contributed by atoms with Crippen LogP contribution in [0.5, 0.6) is 0 Å². The van der Waals surface area contributed by atoms with E-state index in [-0.39, 0.29) is 18.5 Å². The fraction of sp³-hybridized carbons (Fsp3) is 0.750. The van der Waals surface area contributed by atoms with Gasteiger partial charge in [0, 0.05) is 11.6 Å². The molecule has 0 aromatic rings. The molecule has 14 heavy (non-hydrogen) atoms. The summed E-state index contributed by atoms with van der Waals surface area (Å²) < 4.78 is 4.38. The van der Waals surface area contributed by atoms with Crippen molar-refractivity contribution in [3.63, 3.8) is 0 Å². The van der Waals surface area contributed by atoms with Crippen molar-refractivity contribution < 1.29 is 9.53 Å². The standard InChI is InChI=1S/C4H7ClO2.C4H6N2.ClH/c1-3(2)7-4(5)6;5-3-4(6)1-2-4;/h3H,1-2H3;1-2,6H2;1H. The second kappa shape index (κ2) is 6.88. The number of nitriles is 1. The number of rotatable bonds is 1. The van der Waals surface area contributed by atoms with Gasteiger partial charge in [-0.3, -0.25) is 0 Å². The molecule has 1 aliphatic rings. The van der Waals surface area contributed by atoms with Gasteiger partial charge >= 0.3 is 5.43 Å². The van der Waals surface area contributed by atoms with E-state index in [1.807, 2.05) is 6.07 Å². The maximum Gasteiger partial charge on any atom is 0.404 e. The Morgan fingerprint density at radius 2 is 2.07 bits per heavy atom. The van der Waals surface area contributed by atoms with Crippen LogP contribution < -0.4 is 5.73 Å². The van der Waals surface area contributed by atoms with Crippen molar-refractivity contribution in [2.75, 3.05) is 0 Å². The van der Waals surface area contributed by atoms with Gasteiger partial charge in [-0.15, -0.1) is 12.4 Å². The highest BCUT2D eigenvalue weighted by molar-refractivity contribution is 6.61. The van der Waals surface area contributed by atoms with Gasteiger partial charge in [0.2, 0.25) is 0 Å². The van der Waals surface area contributed by atoms with Gasteiger partial charge in [-0.1, -0.05) is 0 Å². The summed E-state index contributed by atoms with van der Waals surface area (Å²) in [6, 6.07) is 1.99. The monoisotopic (exact) mass is 240 g/mol. The molecule has 1 fully saturated rings. The fourth-order valence-corrected chi connectivity index (χ4v) is 0.610. The van der Waals surface area contributed by atoms with Crippen molar-refractivity contribution in [3.05, 3.63) is 0 Å². The summed E-state index contributed by atoms with van der Waals surface area (Å²) >= 11 is 4.81. The molecule has 4 nitrogen and oxygen atoms in total. The van der Waals surface area contributed by atoms with Crippen molar-refractivity contribution in [2.45, 2.75) is 38.3 Å². The van der Waals surface area contributed by atoms with Crippen LogP contribution in [0.4, 0.5) is 4.79 Å². The topological polar surface area (TPSA) is 76.1 Å². The predicted molar refractivity (Wildman–Crippen MR) is 56.5 cm³/mol. The number of hydrogen-bond acceptors (Lipinski definition) is 4. The molecular weight excluding hydrogens is 227 g/mol. The van der Waals surface area contributed by atoms with E-state index in [1.165, 1.54) is 0 Å². The molecule has 0 aromatic heterocycles. The molecule has 0 radical (unpaired) electrons. The molecule has 0 amide bonds. The summed E-state index contributed by atoms with van der Waals surface area (Å²) in [6.45, 7) is 3.47. The first-order valence-electron chi connectivity index (χ1n) is 3.96. The van der Waals surface area contributed by atoms with Gasteiger partial charge in [-0.2, -0.15) is 5.26 Å². The van der Waals surface area contributed by atoms with E-state index in [1.54, 1.807) is 13.8 Å². The lowest BCUT2D eigenvalue weighted by Gasteiger charge is -2.00. The second-order valence-corrected chi connectivity index (χ2v) is 3.48. The minimum Gasteiger partial charge on any atom is -0.451 e. The molecule has 0 aliphatic heterocycles. The minimum absolute atomic E-state index is 0. The van der Waals surface area contributed by atoms with Crippen LogP contribution in [-0.4, -0.2) is 17.1 Å². The Hall–Kier alpha value is -0.500. The first kappa shape index (κ1) is 15.9. The van der Waals surface area contributed by atoms with Crippen LogP contribution in [0, 0.1) is 11.3 Å². The second-order valence-electron chi connectivity index (χ2n) is 3.17. The largest absolute Gasteiger partial charge is 0.451 e. The summed E-state index contributed by atoms with van der Waals surface area (Å²) in [7, 11) is 0. The number of nitrogens with two attached hydrogens (primary N) is 1. The lowest BCUT2D eigenvalue weighted by Crippen LogP contribution is -2.17. The van der Waals surface area contributed by atoms with E-state index in [2.05, 4.69) is 4.74 Å². The first-order valence-corrected chi connectivity index (χ1v) is 4.33. The Morgan fingerprint density at radius 3 is 2.07 bits per heavy atom. The Morgan fingerprint density at radius 1 is 1.64 bits per heavy atom. The SMILES string of the molecule is CC(C)OC(=O)Cl.Cl.N#CC1(N)CC1. The van der Waals surface area contributed by atoms with Gasteiger partial charge in [0.05, 0.1) is 12.2 Å². The van der Waals surface area contributed by atoms with Crippen LogP contribution in [0.15, 0.2) is 0 Å². The molecule has 6 heteroatoms. The highest BCUT2D eigenvalue weighted by Gasteiger charge is 2.38. The first-order chi connectivity index (χ1) is 5.89. The van der Waals surface area contributed by atoms with Crippen molar-refractivity contribution in [1.29, 1.82) is 5.26 Å². The molecule has 82 valence electrons. The lowest BCUT2D eigenvalue weighted by molar-refractivity contribution is 0.141. The van der Waals surface area contributed by atoms with E-state index in [4.69, 9.17) is 22.6 Å². The minimum atomic E-state index is -0.741. The molecule has 0 saturated heterocycles. The van der Waals surface area contributed by atoms with Crippen LogP contribution in [0.25, 0.3) is 0 Å². The average molecular weight is 241 g/mol. The van der Waals surface area contributed by atoms with E-state index < -0.39 is 11.0 Å². The van der Waals surface area contributed by atoms with Gasteiger partial charge in [-0.25, -0.2) is 4.79 Å². The zero-order valence-electron chi connectivity index (χ0n) is 8.12. The summed E-state index contributed by atoms with van der Waals surface area (Å²) in [5.41, 5.74) is 4.14. The molecule has 0 bridgehead atoms. The third kappa shape index (κ3) is 9.59. The normalized spacial score (nSPS) is 15.4. The molecular formula is C8H14Cl2N2O2. The number of ether oxygens (including phenoxy) is 1. The van der Waals surface area contributed by atoms with Crippen LogP contribution in [-0.2, 0) is 4.74 Å². The average Bonchev–Trinajstić information content (AvgIpc) is 2.67. The molecule has 1 aliphatic carbocycles. The van der Waals surface area contributed by atoms with Gasteiger partial charge in [0.25, 0.3) is 0 Å². The van der Waals surface area contributed by atoms with E-state index >= 15 is 0 Å². The van der Waals surface area contributed by atoms with E-state index in [0.29, 0.717) is 0 Å². The Labute approximate surface area is 94.8 Å². The zero-order valence-corrected chi connectivity index (χ0v) is 9.69. The number of carbonyl (C=O) groups is 1. The number of nitrogens with zero attached hydrogens (tertiary/aromatic N) is 1. The third-order valence-electron chi connectivity index (χ3n) is 1.34. The molecule has 2 N–H and O–H groups in total. The molecule has 0 atom stereocenters. The molecule has 0 aromatic carbocycles. The summed E-state index contributed by atoms with van der Waals surface area (Å²) in [6.07, 6.45) is 1.68. The van der Waals surface area contributed by atoms with Gasteiger partial charge in [-0.05, 0) is 26.7 Å². The van der Waals surface area contributed by atoms with Crippen LogP contribution in [0.3, 0.4) is 0 Å². The van der Waals surface area contributed by atoms with Gasteiger partial charge in [0.15, 0.2) is 0 Å². The number of halogens is 2. The summed E-state index contributed by atoms with van der Waals surface area (Å²) in [5.74, 6) is 0. The van der Waals surface area contributed by atoms with Crippen molar-refractivity contribution >= 4 is 29.4 Å². The Balaban J connectivity index is 0. The highest BCUT2D eigenvalue weighted by Crippen LogP contribution is 2.30. The molecule has 0 spiro atoms. The molecule has 1 rings (SSSR count). The van der Waals surface area contributed by atoms with Crippen LogP contribution in [0.1, 0.15) is 26.7 Å². The predicted octanol–water partition coefficient (Wildman–Crippen LogP) is 2.19. The van der Waals surface area contributed by atoms with Crippen LogP contribution in [0.2, 0.25) is 0 Å². The van der Waals surface area contributed by atoms with E-state index in [0.717, 1.165) is 12.8 Å². The van der Waals surface area contributed by atoms with Crippen LogP contribution >= 0.6 is 24.0 Å². The molecule has 1 saturated carbocycles. The molecule has 0 heterocycles. The highest BCUT2D eigenvalue weighted by atomic mass is 35.5. The quantitative estimate of drug-likeness (QED) is 0.714. The summed E-state index contributed by atoms with van der Waals surface area (Å²) in [4.78, 5) is 9.80. The van der Waals surface area contributed by atoms with Gasteiger partial charge < -0.3 is 10.5 Å². The van der Waals surface area contributed by atoms with Crippen molar-refractivity contribution in [3.8, 4) is 6.07 Å². The summed E-state index contributed by atoms with van der Waals surface area (Å²) in [5, 5.41) is 8.09. The lowest BCUT2D eigenvalue weighted by atomic mass is 10.4. The molecule has 0 unspecified atom stereocenters. The number of carbonyl (C=O) groups excluding carboxylic acids is 1. The Bertz CT molecular complexity index is 222. The maximum atomic E-state index is 9.80. The van der Waals surface area contributed by atoms with E-state index in [9.17, 15) is 4.79 Å². The fourth-order valence-electron chi connectivity index (χ4n) is 0.432. The zero-order chi connectivity index (χ0) is 10.5. The number of hydrogen-bond donors (Lipinski definition) is 1. The van der Waals surface area contributed by atoms with Gasteiger partial charge in [0.1, 0.15) is 5.54 Å².